The summed E-state index contributed by atoms with van der Waals surface area (Å²) in [5.41, 5.74) is 7.31. The van der Waals surface area contributed by atoms with Crippen molar-refractivity contribution in [1.29, 1.82) is 0 Å². The average Bonchev–Trinajstić information content (AvgIpc) is 3.38. The maximum absolute atomic E-state index is 12.7. The van der Waals surface area contributed by atoms with Crippen LogP contribution in [0.4, 0.5) is 0 Å². The number of hydrogen-bond acceptors (Lipinski definition) is 4. The van der Waals surface area contributed by atoms with Crippen molar-refractivity contribution in [3.63, 3.8) is 0 Å². The van der Waals surface area contributed by atoms with Crippen LogP contribution in [0.25, 0.3) is 0 Å². The first-order chi connectivity index (χ1) is 12.7. The Labute approximate surface area is 155 Å². The van der Waals surface area contributed by atoms with E-state index in [0.29, 0.717) is 18.4 Å². The summed E-state index contributed by atoms with van der Waals surface area (Å²) in [5.74, 6) is 2.70. The number of methoxy groups -OCH3 is 1. The van der Waals surface area contributed by atoms with E-state index in [-0.39, 0.29) is 24.0 Å². The molecule has 0 spiro atoms. The Morgan fingerprint density at radius 1 is 1.19 bits per heavy atom. The summed E-state index contributed by atoms with van der Waals surface area (Å²) in [6, 6.07) is 5.87. The Bertz CT molecular complexity index is 655. The zero-order chi connectivity index (χ0) is 18.1. The van der Waals surface area contributed by atoms with Gasteiger partial charge in [0.05, 0.1) is 19.1 Å². The largest absolute Gasteiger partial charge is 0.497 e. The average molecular weight is 358 g/mol. The molecule has 3 N–H and O–H groups in total. The van der Waals surface area contributed by atoms with Gasteiger partial charge in [0, 0.05) is 24.2 Å². The van der Waals surface area contributed by atoms with E-state index in [2.05, 4.69) is 5.32 Å². The highest BCUT2D eigenvalue weighted by Gasteiger charge is 2.48. The Kier molecular flexibility index (Phi) is 5.07. The fourth-order valence-corrected chi connectivity index (χ4v) is 5.13. The lowest BCUT2D eigenvalue weighted by molar-refractivity contribution is -0.127. The lowest BCUT2D eigenvalue weighted by Crippen LogP contribution is -2.45. The molecule has 1 amide bonds. The number of fused-ring (bicyclic) bond motifs is 2. The van der Waals surface area contributed by atoms with Crippen LogP contribution in [0.15, 0.2) is 18.2 Å². The molecule has 5 nitrogen and oxygen atoms in total. The van der Waals surface area contributed by atoms with Crippen LogP contribution in [0.1, 0.15) is 50.5 Å². The second-order valence-electron chi connectivity index (χ2n) is 8.15. The molecule has 26 heavy (non-hydrogen) atoms. The molecule has 2 bridgehead atoms. The minimum absolute atomic E-state index is 0.0220. The summed E-state index contributed by atoms with van der Waals surface area (Å²) < 4.78 is 11.6. The predicted octanol–water partition coefficient (Wildman–Crippen LogP) is 3.01. The predicted molar refractivity (Wildman–Crippen MR) is 100 cm³/mol. The first-order valence-corrected chi connectivity index (χ1v) is 10.0. The molecule has 0 aromatic heterocycles. The Morgan fingerprint density at radius 2 is 1.96 bits per heavy atom. The number of benzene rings is 1. The molecular weight excluding hydrogens is 328 g/mol. The molecule has 3 fully saturated rings. The summed E-state index contributed by atoms with van der Waals surface area (Å²) >= 11 is 0. The van der Waals surface area contributed by atoms with Gasteiger partial charge in [0.25, 0.3) is 0 Å². The Morgan fingerprint density at radius 3 is 2.65 bits per heavy atom. The van der Waals surface area contributed by atoms with Gasteiger partial charge in [-0.15, -0.1) is 0 Å². The maximum atomic E-state index is 12.7. The van der Waals surface area contributed by atoms with E-state index in [1.54, 1.807) is 7.11 Å². The number of hydrogen-bond donors (Lipinski definition) is 2. The Balaban J connectivity index is 1.42. The van der Waals surface area contributed by atoms with Gasteiger partial charge in [-0.3, -0.25) is 4.79 Å². The van der Waals surface area contributed by atoms with E-state index in [1.165, 1.54) is 19.3 Å². The topological polar surface area (TPSA) is 73.6 Å². The van der Waals surface area contributed by atoms with Gasteiger partial charge in [-0.25, -0.2) is 0 Å². The smallest absolute Gasteiger partial charge is 0.225 e. The molecule has 0 radical (unpaired) electrons. The number of carbonyl (C=O) groups is 1. The third kappa shape index (κ3) is 3.41. The van der Waals surface area contributed by atoms with E-state index >= 15 is 0 Å². The van der Waals surface area contributed by atoms with Gasteiger partial charge >= 0.3 is 0 Å². The molecule has 142 valence electrons. The quantitative estimate of drug-likeness (QED) is 0.820. The van der Waals surface area contributed by atoms with Crippen LogP contribution in [-0.4, -0.2) is 25.2 Å². The molecule has 3 aliphatic rings. The molecule has 0 aliphatic heterocycles. The monoisotopic (exact) mass is 358 g/mol. The van der Waals surface area contributed by atoms with Gasteiger partial charge in [-0.1, -0.05) is 0 Å². The first-order valence-electron chi connectivity index (χ1n) is 10.0. The summed E-state index contributed by atoms with van der Waals surface area (Å²) in [5, 5.41) is 3.12. The summed E-state index contributed by atoms with van der Waals surface area (Å²) in [6.07, 6.45) is 8.38. The highest BCUT2D eigenvalue weighted by Crippen LogP contribution is 2.47. The van der Waals surface area contributed by atoms with Gasteiger partial charge in [0.2, 0.25) is 5.91 Å². The van der Waals surface area contributed by atoms with E-state index in [9.17, 15) is 4.79 Å². The number of rotatable bonds is 6. The third-order valence-electron chi connectivity index (χ3n) is 6.61. The van der Waals surface area contributed by atoms with Crippen molar-refractivity contribution in [3.05, 3.63) is 23.8 Å². The van der Waals surface area contributed by atoms with E-state index < -0.39 is 0 Å². The van der Waals surface area contributed by atoms with Crippen molar-refractivity contribution in [2.45, 2.75) is 63.6 Å². The van der Waals surface area contributed by atoms with Gasteiger partial charge in [-0.2, -0.15) is 0 Å². The van der Waals surface area contributed by atoms with Gasteiger partial charge in [0.1, 0.15) is 11.5 Å². The van der Waals surface area contributed by atoms with Crippen molar-refractivity contribution in [2.75, 3.05) is 7.11 Å². The fourth-order valence-electron chi connectivity index (χ4n) is 5.13. The van der Waals surface area contributed by atoms with Crippen molar-refractivity contribution < 1.29 is 14.3 Å². The molecule has 0 saturated heterocycles. The highest BCUT2D eigenvalue weighted by molar-refractivity contribution is 5.80. The van der Waals surface area contributed by atoms with Crippen molar-refractivity contribution in [3.8, 4) is 11.5 Å². The van der Waals surface area contributed by atoms with Crippen LogP contribution < -0.4 is 20.5 Å². The number of nitrogens with one attached hydrogen (secondary N) is 1. The number of amides is 1. The van der Waals surface area contributed by atoms with Crippen LogP contribution in [0.2, 0.25) is 0 Å². The minimum Gasteiger partial charge on any atom is -0.497 e. The molecule has 3 saturated carbocycles. The third-order valence-corrected chi connectivity index (χ3v) is 6.61. The van der Waals surface area contributed by atoms with Crippen LogP contribution in [0.3, 0.4) is 0 Å². The van der Waals surface area contributed by atoms with Gasteiger partial charge in [0.15, 0.2) is 0 Å². The number of ether oxygens (including phenoxy) is 2. The standard InChI is InChI=1S/C21H30N2O3/c1-25-17-9-8-15(18(11-17)26-16-4-2-3-5-16)12-23-21(24)19-13-6-7-14(10-13)20(19)22/h8-9,11,13-14,16,19-20H,2-7,10,12,22H2,1H3,(H,23,24). The zero-order valence-corrected chi connectivity index (χ0v) is 15.6. The van der Waals surface area contributed by atoms with Crippen LogP contribution in [-0.2, 0) is 11.3 Å². The molecule has 4 atom stereocenters. The lowest BCUT2D eigenvalue weighted by atomic mass is 9.84. The molecule has 0 heterocycles. The zero-order valence-electron chi connectivity index (χ0n) is 15.6. The molecule has 3 aliphatic carbocycles. The lowest BCUT2D eigenvalue weighted by Gasteiger charge is -2.27. The summed E-state index contributed by atoms with van der Waals surface area (Å²) in [6.45, 7) is 0.478. The van der Waals surface area contributed by atoms with Crippen molar-refractivity contribution in [2.24, 2.45) is 23.5 Å². The maximum Gasteiger partial charge on any atom is 0.225 e. The van der Waals surface area contributed by atoms with E-state index in [4.69, 9.17) is 15.2 Å². The second kappa shape index (κ2) is 7.47. The van der Waals surface area contributed by atoms with Gasteiger partial charge in [-0.05, 0) is 68.9 Å². The highest BCUT2D eigenvalue weighted by atomic mass is 16.5. The molecule has 5 heteroatoms. The number of nitrogens with two attached hydrogens (primary N) is 1. The number of carbonyl (C=O) groups excluding carboxylic acids is 1. The molecule has 1 aromatic rings. The normalized spacial score (nSPS) is 30.5. The molecular formula is C21H30N2O3. The van der Waals surface area contributed by atoms with Crippen LogP contribution >= 0.6 is 0 Å². The van der Waals surface area contributed by atoms with E-state index in [1.807, 2.05) is 18.2 Å². The summed E-state index contributed by atoms with van der Waals surface area (Å²) in [4.78, 5) is 12.7. The fraction of sp³-hybridized carbons (Fsp3) is 0.667. The first kappa shape index (κ1) is 17.7. The molecule has 1 aromatic carbocycles. The molecule has 4 unspecified atom stereocenters. The Hall–Kier alpha value is -1.75. The van der Waals surface area contributed by atoms with Gasteiger partial charge < -0.3 is 20.5 Å². The SMILES string of the molecule is COc1ccc(CNC(=O)C2C3CCC(C3)C2N)c(OC2CCCC2)c1. The van der Waals surface area contributed by atoms with Crippen molar-refractivity contribution >= 4 is 5.91 Å². The molecule has 4 rings (SSSR count). The van der Waals surface area contributed by atoms with E-state index in [0.717, 1.165) is 42.7 Å². The van der Waals surface area contributed by atoms with Crippen LogP contribution in [0, 0.1) is 17.8 Å². The summed E-state index contributed by atoms with van der Waals surface area (Å²) in [7, 11) is 1.66. The van der Waals surface area contributed by atoms with Crippen LogP contribution in [0.5, 0.6) is 11.5 Å². The van der Waals surface area contributed by atoms with Crippen molar-refractivity contribution in [1.82, 2.24) is 5.32 Å². The minimum atomic E-state index is -0.0220. The second-order valence-corrected chi connectivity index (χ2v) is 8.15.